The first kappa shape index (κ1) is 12.9. The van der Waals surface area contributed by atoms with E-state index in [4.69, 9.17) is 0 Å². The second kappa shape index (κ2) is 5.38. The third-order valence-corrected chi connectivity index (χ3v) is 4.50. The Kier molecular flexibility index (Phi) is 4.08. The maximum absolute atomic E-state index is 13.1. The van der Waals surface area contributed by atoms with Crippen molar-refractivity contribution < 1.29 is 4.39 Å². The van der Waals surface area contributed by atoms with Crippen LogP contribution in [-0.2, 0) is 0 Å². The van der Waals surface area contributed by atoms with Crippen LogP contribution in [0.15, 0.2) is 22.7 Å². The van der Waals surface area contributed by atoms with Crippen molar-refractivity contribution in [3.8, 4) is 0 Å². The molecule has 0 amide bonds. The van der Waals surface area contributed by atoms with Crippen molar-refractivity contribution in [2.45, 2.75) is 39.2 Å². The van der Waals surface area contributed by atoms with E-state index < -0.39 is 0 Å². The fourth-order valence-electron chi connectivity index (χ4n) is 2.50. The quantitative estimate of drug-likeness (QED) is 0.825. The largest absolute Gasteiger partial charge is 0.382 e. The van der Waals surface area contributed by atoms with E-state index in [-0.39, 0.29) is 5.82 Å². The topological polar surface area (TPSA) is 12.0 Å². The van der Waals surface area contributed by atoms with Gasteiger partial charge in [0, 0.05) is 11.7 Å². The van der Waals surface area contributed by atoms with Gasteiger partial charge in [0.15, 0.2) is 0 Å². The van der Waals surface area contributed by atoms with E-state index >= 15 is 0 Å². The van der Waals surface area contributed by atoms with Crippen LogP contribution >= 0.6 is 15.9 Å². The molecular weight excluding hydrogens is 281 g/mol. The molecule has 1 aliphatic rings. The van der Waals surface area contributed by atoms with Crippen LogP contribution in [0.2, 0.25) is 0 Å². The van der Waals surface area contributed by atoms with Crippen LogP contribution in [0.5, 0.6) is 0 Å². The Balaban J connectivity index is 1.99. The first-order valence-corrected chi connectivity index (χ1v) is 7.07. The average molecular weight is 300 g/mol. The lowest BCUT2D eigenvalue weighted by atomic mass is 9.79. The second-order valence-corrected chi connectivity index (χ2v) is 6.09. The maximum Gasteiger partial charge on any atom is 0.137 e. The number of benzene rings is 1. The Hall–Kier alpha value is -0.570. The summed E-state index contributed by atoms with van der Waals surface area (Å²) in [6.07, 6.45) is 3.69. The number of anilines is 1. The Labute approximate surface area is 111 Å². The molecule has 1 aliphatic carbocycles. The summed E-state index contributed by atoms with van der Waals surface area (Å²) >= 11 is 3.22. The van der Waals surface area contributed by atoms with Crippen LogP contribution in [0.25, 0.3) is 0 Å². The minimum atomic E-state index is -0.207. The zero-order valence-electron chi connectivity index (χ0n) is 10.3. The molecule has 1 N–H and O–H groups in total. The lowest BCUT2D eigenvalue weighted by molar-refractivity contribution is 0.261. The minimum Gasteiger partial charge on any atom is -0.382 e. The van der Waals surface area contributed by atoms with Crippen LogP contribution in [0.3, 0.4) is 0 Å². The molecule has 0 aromatic heterocycles. The fourth-order valence-corrected chi connectivity index (χ4v) is 2.88. The van der Waals surface area contributed by atoms with E-state index in [1.165, 1.54) is 25.3 Å². The molecule has 3 unspecified atom stereocenters. The third-order valence-electron chi connectivity index (χ3n) is 3.89. The molecule has 0 saturated heterocycles. The highest BCUT2D eigenvalue weighted by Crippen LogP contribution is 2.31. The summed E-state index contributed by atoms with van der Waals surface area (Å²) in [5, 5.41) is 3.50. The Morgan fingerprint density at radius 3 is 2.65 bits per heavy atom. The number of hydrogen-bond acceptors (Lipinski definition) is 1. The lowest BCUT2D eigenvalue weighted by Crippen LogP contribution is -2.30. The molecule has 0 bridgehead atoms. The smallest absolute Gasteiger partial charge is 0.137 e. The standard InChI is InChI=1S/C14H19BrFN/c1-9-3-4-11(7-10(9)2)17-12-5-6-14(16)13(15)8-12/h5-6,8-11,17H,3-4,7H2,1-2H3. The van der Waals surface area contributed by atoms with Crippen molar-refractivity contribution >= 4 is 21.6 Å². The van der Waals surface area contributed by atoms with Crippen LogP contribution in [0.4, 0.5) is 10.1 Å². The summed E-state index contributed by atoms with van der Waals surface area (Å²) in [4.78, 5) is 0. The first-order chi connectivity index (χ1) is 8.06. The molecule has 1 aromatic carbocycles. The summed E-state index contributed by atoms with van der Waals surface area (Å²) in [7, 11) is 0. The monoisotopic (exact) mass is 299 g/mol. The summed E-state index contributed by atoms with van der Waals surface area (Å²) in [5.41, 5.74) is 1.00. The molecule has 94 valence electrons. The molecule has 0 spiro atoms. The molecule has 1 saturated carbocycles. The van der Waals surface area contributed by atoms with Crippen molar-refractivity contribution in [1.82, 2.24) is 0 Å². The molecule has 0 radical (unpaired) electrons. The number of hydrogen-bond donors (Lipinski definition) is 1. The lowest BCUT2D eigenvalue weighted by Gasteiger charge is -2.33. The number of halogens is 2. The van der Waals surface area contributed by atoms with Crippen LogP contribution in [-0.4, -0.2) is 6.04 Å². The predicted molar refractivity (Wildman–Crippen MR) is 73.7 cm³/mol. The van der Waals surface area contributed by atoms with Gasteiger partial charge in [0.2, 0.25) is 0 Å². The molecular formula is C14H19BrFN. The molecule has 1 aromatic rings. The van der Waals surface area contributed by atoms with Crippen LogP contribution < -0.4 is 5.32 Å². The molecule has 2 rings (SSSR count). The molecule has 3 atom stereocenters. The van der Waals surface area contributed by atoms with E-state index in [1.54, 1.807) is 0 Å². The molecule has 3 heteroatoms. The van der Waals surface area contributed by atoms with Gasteiger partial charge in [-0.15, -0.1) is 0 Å². The molecule has 17 heavy (non-hydrogen) atoms. The zero-order valence-corrected chi connectivity index (χ0v) is 11.9. The van der Waals surface area contributed by atoms with Gasteiger partial charge in [-0.3, -0.25) is 0 Å². The van der Waals surface area contributed by atoms with Crippen molar-refractivity contribution in [1.29, 1.82) is 0 Å². The van der Waals surface area contributed by atoms with Crippen molar-refractivity contribution in [2.24, 2.45) is 11.8 Å². The van der Waals surface area contributed by atoms with Gasteiger partial charge in [-0.05, 0) is 65.2 Å². The molecule has 1 nitrogen and oxygen atoms in total. The summed E-state index contributed by atoms with van der Waals surface area (Å²) < 4.78 is 13.6. The van der Waals surface area contributed by atoms with E-state index in [9.17, 15) is 4.39 Å². The van der Waals surface area contributed by atoms with Gasteiger partial charge in [-0.2, -0.15) is 0 Å². The minimum absolute atomic E-state index is 0.207. The molecule has 0 heterocycles. The van der Waals surface area contributed by atoms with Gasteiger partial charge in [0.05, 0.1) is 4.47 Å². The van der Waals surface area contributed by atoms with Crippen molar-refractivity contribution in [3.63, 3.8) is 0 Å². The molecule has 1 fully saturated rings. The van der Waals surface area contributed by atoms with Crippen LogP contribution in [0.1, 0.15) is 33.1 Å². The highest BCUT2D eigenvalue weighted by atomic mass is 79.9. The van der Waals surface area contributed by atoms with Gasteiger partial charge in [-0.25, -0.2) is 4.39 Å². The highest BCUT2D eigenvalue weighted by molar-refractivity contribution is 9.10. The van der Waals surface area contributed by atoms with Gasteiger partial charge < -0.3 is 5.32 Å². The predicted octanol–water partition coefficient (Wildman–Crippen LogP) is 4.82. The normalized spacial score (nSPS) is 29.1. The average Bonchev–Trinajstić information content (AvgIpc) is 2.29. The molecule has 0 aliphatic heterocycles. The Morgan fingerprint density at radius 2 is 2.00 bits per heavy atom. The van der Waals surface area contributed by atoms with Gasteiger partial charge >= 0.3 is 0 Å². The summed E-state index contributed by atoms with van der Waals surface area (Å²) in [6, 6.07) is 5.65. The van der Waals surface area contributed by atoms with Gasteiger partial charge in [-0.1, -0.05) is 13.8 Å². The van der Waals surface area contributed by atoms with Gasteiger partial charge in [0.1, 0.15) is 5.82 Å². The van der Waals surface area contributed by atoms with E-state index in [2.05, 4.69) is 35.1 Å². The Bertz CT molecular complexity index is 394. The van der Waals surface area contributed by atoms with Crippen molar-refractivity contribution in [2.75, 3.05) is 5.32 Å². The first-order valence-electron chi connectivity index (χ1n) is 6.28. The summed E-state index contributed by atoms with van der Waals surface area (Å²) in [6.45, 7) is 4.65. The SMILES string of the molecule is CC1CCC(Nc2ccc(F)c(Br)c2)CC1C. The van der Waals surface area contributed by atoms with Crippen molar-refractivity contribution in [3.05, 3.63) is 28.5 Å². The van der Waals surface area contributed by atoms with E-state index in [0.717, 1.165) is 17.5 Å². The Morgan fingerprint density at radius 1 is 1.24 bits per heavy atom. The number of rotatable bonds is 2. The second-order valence-electron chi connectivity index (χ2n) is 5.24. The zero-order chi connectivity index (χ0) is 12.4. The third kappa shape index (κ3) is 3.21. The maximum atomic E-state index is 13.1. The van der Waals surface area contributed by atoms with Crippen LogP contribution in [0, 0.1) is 17.7 Å². The van der Waals surface area contributed by atoms with E-state index in [0.29, 0.717) is 10.5 Å². The van der Waals surface area contributed by atoms with E-state index in [1.807, 2.05) is 12.1 Å². The fraction of sp³-hybridized carbons (Fsp3) is 0.571. The van der Waals surface area contributed by atoms with Gasteiger partial charge in [0.25, 0.3) is 0 Å². The summed E-state index contributed by atoms with van der Waals surface area (Å²) in [5.74, 6) is 1.39. The number of nitrogens with one attached hydrogen (secondary N) is 1. The highest BCUT2D eigenvalue weighted by Gasteiger charge is 2.24.